The number of nitrogens with one attached hydrogen (secondary N) is 1. The van der Waals surface area contributed by atoms with Crippen molar-refractivity contribution in [2.75, 3.05) is 13.1 Å². The number of hydrogen-bond acceptors (Lipinski definition) is 2. The highest BCUT2D eigenvalue weighted by Gasteiger charge is 2.16. The Hall–Kier alpha value is -1.32. The third-order valence-electron chi connectivity index (χ3n) is 2.82. The lowest BCUT2D eigenvalue weighted by Gasteiger charge is -2.19. The van der Waals surface area contributed by atoms with Crippen LogP contribution >= 0.6 is 0 Å². The number of aryl methyl sites for hydroxylation is 1. The molecule has 1 amide bonds. The third kappa shape index (κ3) is 3.88. The quantitative estimate of drug-likeness (QED) is 0.792. The summed E-state index contributed by atoms with van der Waals surface area (Å²) >= 11 is 0. The van der Waals surface area contributed by atoms with Gasteiger partial charge in [-0.05, 0) is 25.8 Å². The molecule has 0 spiro atoms. The molecule has 0 atom stereocenters. The largest absolute Gasteiger partial charge is 0.338 e. The van der Waals surface area contributed by atoms with Crippen LogP contribution in [0.25, 0.3) is 0 Å². The summed E-state index contributed by atoms with van der Waals surface area (Å²) in [7, 11) is 0. The first-order valence-corrected chi connectivity index (χ1v) is 6.56. The first-order valence-electron chi connectivity index (χ1n) is 6.56. The fourth-order valence-corrected chi connectivity index (χ4v) is 1.78. The molecule has 1 heterocycles. The van der Waals surface area contributed by atoms with Crippen LogP contribution in [0, 0.1) is 0 Å². The van der Waals surface area contributed by atoms with E-state index in [-0.39, 0.29) is 5.91 Å². The lowest BCUT2D eigenvalue weighted by atomic mass is 10.2. The molecule has 96 valence electrons. The normalized spacial score (nSPS) is 10.5. The van der Waals surface area contributed by atoms with Crippen molar-refractivity contribution in [2.45, 2.75) is 46.5 Å². The van der Waals surface area contributed by atoms with E-state index in [0.29, 0.717) is 5.69 Å². The Balaban J connectivity index is 2.65. The fraction of sp³-hybridized carbons (Fsp3) is 0.692. The van der Waals surface area contributed by atoms with E-state index >= 15 is 0 Å². The van der Waals surface area contributed by atoms with Crippen LogP contribution in [-0.2, 0) is 6.42 Å². The molecule has 0 saturated carbocycles. The van der Waals surface area contributed by atoms with Crippen molar-refractivity contribution in [1.29, 1.82) is 0 Å². The van der Waals surface area contributed by atoms with E-state index in [1.165, 1.54) is 0 Å². The minimum atomic E-state index is 0.0413. The van der Waals surface area contributed by atoms with Gasteiger partial charge in [0.15, 0.2) is 0 Å². The zero-order valence-corrected chi connectivity index (χ0v) is 11.1. The molecular formula is C13H23N3O. The maximum absolute atomic E-state index is 12.1. The number of aromatic amines is 1. The van der Waals surface area contributed by atoms with Crippen LogP contribution in [0.15, 0.2) is 6.07 Å². The van der Waals surface area contributed by atoms with Gasteiger partial charge in [-0.3, -0.25) is 9.89 Å². The van der Waals surface area contributed by atoms with Crippen LogP contribution in [-0.4, -0.2) is 34.1 Å². The molecule has 0 unspecified atom stereocenters. The molecule has 0 aliphatic heterocycles. The van der Waals surface area contributed by atoms with Crippen molar-refractivity contribution in [3.63, 3.8) is 0 Å². The van der Waals surface area contributed by atoms with Crippen LogP contribution < -0.4 is 0 Å². The van der Waals surface area contributed by atoms with Gasteiger partial charge in [0.05, 0.1) is 0 Å². The van der Waals surface area contributed by atoms with Crippen molar-refractivity contribution in [3.8, 4) is 0 Å². The molecule has 4 nitrogen and oxygen atoms in total. The summed E-state index contributed by atoms with van der Waals surface area (Å²) in [4.78, 5) is 14.0. The molecule has 0 aromatic carbocycles. The molecule has 0 radical (unpaired) electrons. The van der Waals surface area contributed by atoms with Crippen molar-refractivity contribution in [2.24, 2.45) is 0 Å². The van der Waals surface area contributed by atoms with Gasteiger partial charge >= 0.3 is 0 Å². The van der Waals surface area contributed by atoms with Gasteiger partial charge in [0, 0.05) is 18.8 Å². The van der Waals surface area contributed by atoms with Crippen LogP contribution in [0.5, 0.6) is 0 Å². The van der Waals surface area contributed by atoms with E-state index in [0.717, 1.165) is 44.5 Å². The van der Waals surface area contributed by atoms with Gasteiger partial charge in [-0.1, -0.05) is 26.7 Å². The first-order chi connectivity index (χ1) is 8.22. The molecule has 0 aliphatic rings. The highest BCUT2D eigenvalue weighted by molar-refractivity contribution is 5.92. The number of carbonyl (C=O) groups is 1. The van der Waals surface area contributed by atoms with Crippen molar-refractivity contribution >= 4 is 5.91 Å². The second-order valence-electron chi connectivity index (χ2n) is 4.27. The van der Waals surface area contributed by atoms with Gasteiger partial charge in [-0.25, -0.2) is 0 Å². The number of nitrogens with zero attached hydrogens (tertiary/aromatic N) is 2. The van der Waals surface area contributed by atoms with Gasteiger partial charge in [0.25, 0.3) is 5.91 Å². The highest BCUT2D eigenvalue weighted by atomic mass is 16.2. The monoisotopic (exact) mass is 237 g/mol. The molecular weight excluding hydrogens is 214 g/mol. The number of H-pyrrole nitrogens is 1. The summed E-state index contributed by atoms with van der Waals surface area (Å²) in [5.74, 6) is 0.0413. The average molecular weight is 237 g/mol. The molecule has 4 heteroatoms. The number of hydrogen-bond donors (Lipinski definition) is 1. The Kier molecular flexibility index (Phi) is 5.73. The lowest BCUT2D eigenvalue weighted by molar-refractivity contribution is 0.0756. The number of aromatic nitrogens is 2. The molecule has 0 fully saturated rings. The Labute approximate surface area is 103 Å². The molecule has 1 rings (SSSR count). The van der Waals surface area contributed by atoms with E-state index in [2.05, 4.69) is 24.0 Å². The number of carbonyl (C=O) groups excluding carboxylic acids is 1. The maximum Gasteiger partial charge on any atom is 0.274 e. The van der Waals surface area contributed by atoms with E-state index in [1.807, 2.05) is 17.9 Å². The van der Waals surface area contributed by atoms with Crippen molar-refractivity contribution < 1.29 is 4.79 Å². The summed E-state index contributed by atoms with van der Waals surface area (Å²) < 4.78 is 0. The van der Waals surface area contributed by atoms with Crippen LogP contribution in [0.3, 0.4) is 0 Å². The van der Waals surface area contributed by atoms with E-state index in [1.54, 1.807) is 0 Å². The highest BCUT2D eigenvalue weighted by Crippen LogP contribution is 2.07. The van der Waals surface area contributed by atoms with E-state index in [9.17, 15) is 4.79 Å². The molecule has 0 bridgehead atoms. The maximum atomic E-state index is 12.1. The Morgan fingerprint density at radius 1 is 1.35 bits per heavy atom. The third-order valence-corrected chi connectivity index (χ3v) is 2.82. The lowest BCUT2D eigenvalue weighted by Crippen LogP contribution is -2.32. The summed E-state index contributed by atoms with van der Waals surface area (Å²) in [6.07, 6.45) is 4.15. The van der Waals surface area contributed by atoms with Gasteiger partial charge in [-0.15, -0.1) is 0 Å². The predicted molar refractivity (Wildman–Crippen MR) is 69.1 cm³/mol. The van der Waals surface area contributed by atoms with E-state index in [4.69, 9.17) is 0 Å². The second-order valence-corrected chi connectivity index (χ2v) is 4.27. The average Bonchev–Trinajstić information content (AvgIpc) is 2.79. The zero-order valence-electron chi connectivity index (χ0n) is 11.1. The number of amides is 1. The van der Waals surface area contributed by atoms with Crippen LogP contribution in [0.2, 0.25) is 0 Å². The molecule has 1 aromatic heterocycles. The zero-order chi connectivity index (χ0) is 12.7. The minimum absolute atomic E-state index is 0.0413. The summed E-state index contributed by atoms with van der Waals surface area (Å²) in [5, 5.41) is 7.02. The SMILES string of the molecule is CCCCN(CC)C(=O)c1cc(CCC)[nH]n1. The van der Waals surface area contributed by atoms with Crippen molar-refractivity contribution in [1.82, 2.24) is 15.1 Å². The summed E-state index contributed by atoms with van der Waals surface area (Å²) in [5.41, 5.74) is 1.59. The van der Waals surface area contributed by atoms with E-state index < -0.39 is 0 Å². The summed E-state index contributed by atoms with van der Waals surface area (Å²) in [6, 6.07) is 1.88. The molecule has 0 saturated heterocycles. The van der Waals surface area contributed by atoms with Crippen molar-refractivity contribution in [3.05, 3.63) is 17.5 Å². The predicted octanol–water partition coefficient (Wildman–Crippen LogP) is 2.62. The van der Waals surface area contributed by atoms with Gasteiger partial charge in [0.2, 0.25) is 0 Å². The summed E-state index contributed by atoms with van der Waals surface area (Å²) in [6.45, 7) is 7.82. The van der Waals surface area contributed by atoms with Gasteiger partial charge in [0.1, 0.15) is 5.69 Å². The van der Waals surface area contributed by atoms with Gasteiger partial charge in [-0.2, -0.15) is 5.10 Å². The van der Waals surface area contributed by atoms with Crippen LogP contribution in [0.4, 0.5) is 0 Å². The Morgan fingerprint density at radius 2 is 2.12 bits per heavy atom. The number of unbranched alkanes of at least 4 members (excludes halogenated alkanes) is 1. The fourth-order valence-electron chi connectivity index (χ4n) is 1.78. The van der Waals surface area contributed by atoms with Crippen LogP contribution in [0.1, 0.15) is 56.2 Å². The standard InChI is InChI=1S/C13H23N3O/c1-4-7-9-16(6-3)13(17)12-10-11(8-5-2)14-15-12/h10H,4-9H2,1-3H3,(H,14,15). The smallest absolute Gasteiger partial charge is 0.274 e. The minimum Gasteiger partial charge on any atom is -0.338 e. The topological polar surface area (TPSA) is 49.0 Å². The molecule has 1 aromatic rings. The second kappa shape index (κ2) is 7.09. The number of rotatable bonds is 7. The Bertz CT molecular complexity index is 346. The molecule has 0 aliphatic carbocycles. The van der Waals surface area contributed by atoms with Gasteiger partial charge < -0.3 is 4.90 Å². The first kappa shape index (κ1) is 13.7. The molecule has 17 heavy (non-hydrogen) atoms. The Morgan fingerprint density at radius 3 is 2.71 bits per heavy atom. The molecule has 1 N–H and O–H groups in total.